The lowest BCUT2D eigenvalue weighted by atomic mass is 9.95. The molecule has 0 aromatic heterocycles. The van der Waals surface area contributed by atoms with Crippen LogP contribution in [-0.2, 0) is 19.6 Å². The van der Waals surface area contributed by atoms with Crippen LogP contribution >= 0.6 is 0 Å². The Morgan fingerprint density at radius 1 is 1.12 bits per heavy atom. The zero-order valence-corrected chi connectivity index (χ0v) is 20.7. The second-order valence-electron chi connectivity index (χ2n) is 9.00. The summed E-state index contributed by atoms with van der Waals surface area (Å²) < 4.78 is 27.0. The van der Waals surface area contributed by atoms with Crippen molar-refractivity contribution in [1.82, 2.24) is 14.9 Å². The number of rotatable bonds is 10. The molecule has 1 fully saturated rings. The summed E-state index contributed by atoms with van der Waals surface area (Å²) in [7, 11) is -3.57. The maximum atomic E-state index is 12.8. The Bertz CT molecular complexity index is 870. The van der Waals surface area contributed by atoms with Crippen LogP contribution in [0.3, 0.4) is 0 Å². The molecule has 1 aromatic rings. The number of carbonyl (C=O) groups is 2. The van der Waals surface area contributed by atoms with Gasteiger partial charge in [-0.1, -0.05) is 13.3 Å². The second kappa shape index (κ2) is 11.8. The van der Waals surface area contributed by atoms with Gasteiger partial charge in [0.05, 0.1) is 16.9 Å². The van der Waals surface area contributed by atoms with Gasteiger partial charge >= 0.3 is 0 Å². The summed E-state index contributed by atoms with van der Waals surface area (Å²) in [5.74, 6) is -0.229. The van der Waals surface area contributed by atoms with Crippen LogP contribution in [0.5, 0.6) is 0 Å². The van der Waals surface area contributed by atoms with Crippen LogP contribution in [0, 0.1) is 5.92 Å². The molecule has 2 rings (SSSR count). The van der Waals surface area contributed by atoms with E-state index in [-0.39, 0.29) is 34.7 Å². The highest BCUT2D eigenvalue weighted by Gasteiger charge is 2.31. The maximum absolute atomic E-state index is 12.8. The summed E-state index contributed by atoms with van der Waals surface area (Å²) >= 11 is 0. The molecule has 8 nitrogen and oxygen atoms in total. The maximum Gasteiger partial charge on any atom is 0.241 e. The summed E-state index contributed by atoms with van der Waals surface area (Å²) in [5.41, 5.74) is 0.532. The highest BCUT2D eigenvalue weighted by molar-refractivity contribution is 7.89. The molecule has 3 N–H and O–H groups in total. The predicted molar refractivity (Wildman–Crippen MR) is 127 cm³/mol. The fourth-order valence-electron chi connectivity index (χ4n) is 3.95. The van der Waals surface area contributed by atoms with E-state index in [1.807, 2.05) is 18.7 Å². The van der Waals surface area contributed by atoms with Crippen molar-refractivity contribution in [2.75, 3.05) is 18.4 Å². The van der Waals surface area contributed by atoms with Crippen LogP contribution in [0.4, 0.5) is 5.69 Å². The lowest BCUT2D eigenvalue weighted by Crippen LogP contribution is -2.50. The van der Waals surface area contributed by atoms with Crippen LogP contribution in [-0.4, -0.2) is 56.3 Å². The Morgan fingerprint density at radius 2 is 1.78 bits per heavy atom. The van der Waals surface area contributed by atoms with E-state index in [4.69, 9.17) is 0 Å². The third-order valence-corrected chi connectivity index (χ3v) is 7.36. The molecule has 1 aromatic carbocycles. The number of sulfonamides is 1. The molecule has 0 radical (unpaired) electrons. The van der Waals surface area contributed by atoms with E-state index in [9.17, 15) is 18.0 Å². The van der Waals surface area contributed by atoms with Crippen molar-refractivity contribution in [3.63, 3.8) is 0 Å². The number of benzene rings is 1. The fraction of sp³-hybridized carbons (Fsp3) is 0.652. The number of nitrogens with one attached hydrogen (secondary N) is 3. The second-order valence-corrected chi connectivity index (χ2v) is 10.7. The van der Waals surface area contributed by atoms with E-state index in [0.717, 1.165) is 32.2 Å². The third kappa shape index (κ3) is 7.56. The highest BCUT2D eigenvalue weighted by atomic mass is 32.2. The standard InChI is InChI=1S/C23H38N4O4S/c1-6-8-17(4)24-23(29)19-9-7-14-27(15-19)18(5)22(28)25-20-10-12-21(13-11-20)32(30,31)26-16(2)3/h10-13,16-19,26H,6-9,14-15H2,1-5H3,(H,24,29)(H,25,28). The molecule has 0 saturated carbocycles. The summed E-state index contributed by atoms with van der Waals surface area (Å²) in [6, 6.07) is 5.68. The average Bonchev–Trinajstić information content (AvgIpc) is 2.73. The molecule has 3 atom stereocenters. The lowest BCUT2D eigenvalue weighted by Gasteiger charge is -2.35. The molecule has 32 heavy (non-hydrogen) atoms. The Balaban J connectivity index is 1.95. The normalized spacial score (nSPS) is 19.4. The van der Waals surface area contributed by atoms with E-state index in [2.05, 4.69) is 22.3 Å². The molecule has 3 unspecified atom stereocenters. The smallest absolute Gasteiger partial charge is 0.241 e. The topological polar surface area (TPSA) is 108 Å². The molecule has 0 aliphatic carbocycles. The monoisotopic (exact) mass is 466 g/mol. The van der Waals surface area contributed by atoms with E-state index in [0.29, 0.717) is 12.2 Å². The zero-order chi connectivity index (χ0) is 23.9. The number of anilines is 1. The number of carbonyl (C=O) groups excluding carboxylic acids is 2. The van der Waals surface area contributed by atoms with Gasteiger partial charge in [-0.15, -0.1) is 0 Å². The van der Waals surface area contributed by atoms with Crippen LogP contribution < -0.4 is 15.4 Å². The molecule has 1 aliphatic heterocycles. The van der Waals surface area contributed by atoms with Crippen molar-refractivity contribution in [3.8, 4) is 0 Å². The molecule has 1 aliphatic rings. The van der Waals surface area contributed by atoms with Crippen molar-refractivity contribution < 1.29 is 18.0 Å². The molecular formula is C23H38N4O4S. The van der Waals surface area contributed by atoms with Crippen LogP contribution in [0.15, 0.2) is 29.2 Å². The number of piperidine rings is 1. The van der Waals surface area contributed by atoms with Gasteiger partial charge in [0, 0.05) is 24.3 Å². The first-order valence-corrected chi connectivity index (χ1v) is 13.0. The van der Waals surface area contributed by atoms with Crippen molar-refractivity contribution in [1.29, 1.82) is 0 Å². The Kier molecular flexibility index (Phi) is 9.66. The van der Waals surface area contributed by atoms with E-state index in [1.165, 1.54) is 12.1 Å². The molecule has 0 spiro atoms. The Labute approximate surface area is 192 Å². The number of amides is 2. The number of hydrogen-bond donors (Lipinski definition) is 3. The number of likely N-dealkylation sites (tertiary alicyclic amines) is 1. The van der Waals surface area contributed by atoms with Crippen molar-refractivity contribution in [2.24, 2.45) is 5.92 Å². The minimum Gasteiger partial charge on any atom is -0.353 e. The quantitative estimate of drug-likeness (QED) is 0.491. The minimum atomic E-state index is -3.57. The van der Waals surface area contributed by atoms with E-state index < -0.39 is 16.1 Å². The summed E-state index contributed by atoms with van der Waals surface area (Å²) in [5, 5.41) is 5.94. The zero-order valence-electron chi connectivity index (χ0n) is 19.8. The number of nitrogens with zero attached hydrogens (tertiary/aromatic N) is 1. The van der Waals surface area contributed by atoms with Crippen LogP contribution in [0.25, 0.3) is 0 Å². The van der Waals surface area contributed by atoms with Gasteiger partial charge in [0.15, 0.2) is 0 Å². The van der Waals surface area contributed by atoms with E-state index >= 15 is 0 Å². The van der Waals surface area contributed by atoms with Gasteiger partial charge in [-0.2, -0.15) is 0 Å². The van der Waals surface area contributed by atoms with Gasteiger partial charge in [0.25, 0.3) is 0 Å². The van der Waals surface area contributed by atoms with Gasteiger partial charge in [-0.25, -0.2) is 13.1 Å². The minimum absolute atomic E-state index is 0.0649. The molecule has 9 heteroatoms. The molecule has 180 valence electrons. The molecule has 1 heterocycles. The molecule has 2 amide bonds. The SMILES string of the molecule is CCCC(C)NC(=O)C1CCCN(C(C)C(=O)Nc2ccc(S(=O)(=O)NC(C)C)cc2)C1. The average molecular weight is 467 g/mol. The van der Waals surface area contributed by atoms with Gasteiger partial charge < -0.3 is 10.6 Å². The first kappa shape index (κ1) is 26.3. The van der Waals surface area contributed by atoms with Crippen molar-refractivity contribution >= 4 is 27.5 Å². The summed E-state index contributed by atoms with van der Waals surface area (Å²) in [4.78, 5) is 27.6. The van der Waals surface area contributed by atoms with Gasteiger partial charge in [-0.3, -0.25) is 14.5 Å². The first-order valence-electron chi connectivity index (χ1n) is 11.5. The molecular weight excluding hydrogens is 428 g/mol. The summed E-state index contributed by atoms with van der Waals surface area (Å²) in [6.45, 7) is 10.8. The number of hydrogen-bond acceptors (Lipinski definition) is 5. The van der Waals surface area contributed by atoms with Crippen LogP contribution in [0.1, 0.15) is 60.3 Å². The molecule has 1 saturated heterocycles. The largest absolute Gasteiger partial charge is 0.353 e. The predicted octanol–water partition coefficient (Wildman–Crippen LogP) is 2.72. The van der Waals surface area contributed by atoms with Gasteiger partial charge in [0.1, 0.15) is 0 Å². The van der Waals surface area contributed by atoms with Gasteiger partial charge in [0.2, 0.25) is 21.8 Å². The van der Waals surface area contributed by atoms with Crippen LogP contribution in [0.2, 0.25) is 0 Å². The lowest BCUT2D eigenvalue weighted by molar-refractivity contribution is -0.129. The summed E-state index contributed by atoms with van der Waals surface area (Å²) in [6.07, 6.45) is 3.67. The molecule has 0 bridgehead atoms. The first-order chi connectivity index (χ1) is 15.0. The van der Waals surface area contributed by atoms with Crippen molar-refractivity contribution in [3.05, 3.63) is 24.3 Å². The van der Waals surface area contributed by atoms with E-state index in [1.54, 1.807) is 26.0 Å². The fourth-order valence-corrected chi connectivity index (χ4v) is 5.20. The van der Waals surface area contributed by atoms with Gasteiger partial charge in [-0.05, 0) is 77.8 Å². The van der Waals surface area contributed by atoms with Crippen molar-refractivity contribution in [2.45, 2.75) is 83.3 Å². The highest BCUT2D eigenvalue weighted by Crippen LogP contribution is 2.21. The Morgan fingerprint density at radius 3 is 2.38 bits per heavy atom. The third-order valence-electron chi connectivity index (χ3n) is 5.68. The Hall–Kier alpha value is -1.97.